The van der Waals surface area contributed by atoms with E-state index in [0.29, 0.717) is 13.0 Å². The number of nitrogens with one attached hydrogen (secondary N) is 1. The lowest BCUT2D eigenvalue weighted by Gasteiger charge is -2.22. The van der Waals surface area contributed by atoms with Crippen molar-refractivity contribution in [3.8, 4) is 5.75 Å². The molecule has 1 aromatic rings. The van der Waals surface area contributed by atoms with Crippen molar-refractivity contribution in [2.75, 3.05) is 6.61 Å². The third-order valence-corrected chi connectivity index (χ3v) is 3.08. The van der Waals surface area contributed by atoms with Crippen LogP contribution in [0.15, 0.2) is 18.2 Å². The first-order valence-corrected chi connectivity index (χ1v) is 6.25. The first kappa shape index (κ1) is 15.4. The molecule has 0 radical (unpaired) electrons. The molecule has 106 valence electrons. The molecule has 0 spiro atoms. The smallest absolute Gasteiger partial charge is 0.165 e. The first-order chi connectivity index (χ1) is 8.83. The van der Waals surface area contributed by atoms with E-state index in [9.17, 15) is 8.78 Å². The maximum Gasteiger partial charge on any atom is 0.165 e. The number of rotatable bonds is 7. The van der Waals surface area contributed by atoms with Gasteiger partial charge in [-0.25, -0.2) is 8.78 Å². The summed E-state index contributed by atoms with van der Waals surface area (Å²) < 4.78 is 31.3. The Kier molecular flexibility index (Phi) is 5.27. The minimum absolute atomic E-state index is 0.0640. The van der Waals surface area contributed by atoms with Crippen molar-refractivity contribution in [1.82, 2.24) is 0 Å². The molecule has 0 aliphatic carbocycles. The van der Waals surface area contributed by atoms with Gasteiger partial charge in [0.1, 0.15) is 5.82 Å². The second-order valence-corrected chi connectivity index (χ2v) is 5.18. The van der Waals surface area contributed by atoms with Crippen LogP contribution in [0.4, 0.5) is 8.78 Å². The molecule has 3 nitrogen and oxygen atoms in total. The molecule has 0 saturated heterocycles. The van der Waals surface area contributed by atoms with Gasteiger partial charge in [-0.1, -0.05) is 13.8 Å². The van der Waals surface area contributed by atoms with Gasteiger partial charge in [0.15, 0.2) is 11.6 Å². The second kappa shape index (κ2) is 6.50. The zero-order valence-electron chi connectivity index (χ0n) is 11.3. The highest BCUT2D eigenvalue weighted by Gasteiger charge is 2.20. The van der Waals surface area contributed by atoms with E-state index >= 15 is 0 Å². The fraction of sp³-hybridized carbons (Fsp3) is 0.500. The summed E-state index contributed by atoms with van der Waals surface area (Å²) in [6, 6.07) is 3.13. The molecule has 0 bridgehead atoms. The van der Waals surface area contributed by atoms with E-state index in [2.05, 4.69) is 0 Å². The Morgan fingerprint density at radius 3 is 2.63 bits per heavy atom. The van der Waals surface area contributed by atoms with Gasteiger partial charge in [0.2, 0.25) is 0 Å². The number of hydrogen-bond acceptors (Lipinski definition) is 2. The van der Waals surface area contributed by atoms with Crippen LogP contribution in [-0.2, 0) is 0 Å². The summed E-state index contributed by atoms with van der Waals surface area (Å²) in [4.78, 5) is 0. The number of benzene rings is 1. The minimum Gasteiger partial charge on any atom is -0.490 e. The lowest BCUT2D eigenvalue weighted by molar-refractivity contribution is 0.282. The predicted octanol–water partition coefficient (Wildman–Crippen LogP) is 3.48. The van der Waals surface area contributed by atoms with Crippen LogP contribution in [0.5, 0.6) is 5.75 Å². The van der Waals surface area contributed by atoms with Gasteiger partial charge < -0.3 is 10.5 Å². The Labute approximate surface area is 112 Å². The van der Waals surface area contributed by atoms with Crippen molar-refractivity contribution in [2.24, 2.45) is 11.1 Å². The van der Waals surface area contributed by atoms with Crippen LogP contribution in [-0.4, -0.2) is 12.4 Å². The SMILES string of the molecule is CC(C)(CCCCOc1cc(F)ccc1F)C(=N)N. The van der Waals surface area contributed by atoms with E-state index in [1.54, 1.807) is 0 Å². The van der Waals surface area contributed by atoms with Crippen LogP contribution in [0.25, 0.3) is 0 Å². The van der Waals surface area contributed by atoms with Gasteiger partial charge in [0.25, 0.3) is 0 Å². The summed E-state index contributed by atoms with van der Waals surface area (Å²) in [6.45, 7) is 4.12. The van der Waals surface area contributed by atoms with E-state index < -0.39 is 11.6 Å². The van der Waals surface area contributed by atoms with Gasteiger partial charge in [0, 0.05) is 11.5 Å². The minimum atomic E-state index is -0.564. The van der Waals surface area contributed by atoms with Crippen LogP contribution in [0, 0.1) is 22.5 Å². The highest BCUT2D eigenvalue weighted by atomic mass is 19.1. The summed E-state index contributed by atoms with van der Waals surface area (Å²) in [5.74, 6) is -0.991. The molecule has 0 unspecified atom stereocenters. The van der Waals surface area contributed by atoms with Crippen LogP contribution in [0.1, 0.15) is 33.1 Å². The molecule has 5 heteroatoms. The van der Waals surface area contributed by atoms with Crippen molar-refractivity contribution >= 4 is 5.84 Å². The van der Waals surface area contributed by atoms with E-state index in [-0.39, 0.29) is 17.0 Å². The van der Waals surface area contributed by atoms with Gasteiger partial charge in [-0.3, -0.25) is 5.41 Å². The predicted molar refractivity (Wildman–Crippen MR) is 71.4 cm³/mol. The molecule has 0 atom stereocenters. The van der Waals surface area contributed by atoms with Gasteiger partial charge in [0.05, 0.1) is 12.4 Å². The van der Waals surface area contributed by atoms with Gasteiger partial charge in [-0.2, -0.15) is 0 Å². The molecule has 0 fully saturated rings. The summed E-state index contributed by atoms with van der Waals surface area (Å²) >= 11 is 0. The Hall–Kier alpha value is -1.65. The van der Waals surface area contributed by atoms with Crippen LogP contribution < -0.4 is 10.5 Å². The molecule has 0 aromatic heterocycles. The molecule has 1 aromatic carbocycles. The van der Waals surface area contributed by atoms with Crippen molar-refractivity contribution in [3.63, 3.8) is 0 Å². The maximum absolute atomic E-state index is 13.2. The Morgan fingerprint density at radius 1 is 1.32 bits per heavy atom. The zero-order chi connectivity index (χ0) is 14.5. The molecule has 0 amide bonds. The largest absolute Gasteiger partial charge is 0.490 e. The van der Waals surface area contributed by atoms with Gasteiger partial charge >= 0.3 is 0 Å². The fourth-order valence-electron chi connectivity index (χ4n) is 1.57. The summed E-state index contributed by atoms with van der Waals surface area (Å²) in [5.41, 5.74) is 5.14. The van der Waals surface area contributed by atoms with Crippen molar-refractivity contribution in [2.45, 2.75) is 33.1 Å². The number of halogens is 2. The quantitative estimate of drug-likeness (QED) is 0.453. The molecular weight excluding hydrogens is 250 g/mol. The van der Waals surface area contributed by atoms with E-state index in [0.717, 1.165) is 31.0 Å². The second-order valence-electron chi connectivity index (χ2n) is 5.18. The Bertz CT molecular complexity index is 447. The standard InChI is InChI=1S/C14H20F2N2O/c1-14(2,13(17)18)7-3-4-8-19-12-9-10(15)5-6-11(12)16/h5-6,9H,3-4,7-8H2,1-2H3,(H3,17,18). The number of ether oxygens (including phenoxy) is 1. The number of unbranched alkanes of at least 4 members (excludes halogenated alkanes) is 1. The van der Waals surface area contributed by atoms with Crippen LogP contribution in [0.2, 0.25) is 0 Å². The van der Waals surface area contributed by atoms with Gasteiger partial charge in [-0.05, 0) is 31.4 Å². The molecule has 0 aliphatic heterocycles. The number of nitrogens with two attached hydrogens (primary N) is 1. The molecule has 19 heavy (non-hydrogen) atoms. The average molecular weight is 270 g/mol. The van der Waals surface area contributed by atoms with Crippen molar-refractivity contribution in [1.29, 1.82) is 5.41 Å². The van der Waals surface area contributed by atoms with E-state index in [1.807, 2.05) is 13.8 Å². The highest BCUT2D eigenvalue weighted by Crippen LogP contribution is 2.23. The number of amidine groups is 1. The lowest BCUT2D eigenvalue weighted by atomic mass is 9.86. The topological polar surface area (TPSA) is 59.1 Å². The molecule has 1 rings (SSSR count). The zero-order valence-corrected chi connectivity index (χ0v) is 11.3. The fourth-order valence-corrected chi connectivity index (χ4v) is 1.57. The lowest BCUT2D eigenvalue weighted by Crippen LogP contribution is -2.30. The molecule has 3 N–H and O–H groups in total. The average Bonchev–Trinajstić information content (AvgIpc) is 2.32. The molecular formula is C14H20F2N2O. The Balaban J connectivity index is 2.32. The maximum atomic E-state index is 13.2. The van der Waals surface area contributed by atoms with Crippen molar-refractivity contribution in [3.05, 3.63) is 29.8 Å². The summed E-state index contributed by atoms with van der Waals surface area (Å²) in [7, 11) is 0. The molecule has 0 heterocycles. The third kappa shape index (κ3) is 4.85. The van der Waals surface area contributed by atoms with Crippen molar-refractivity contribution < 1.29 is 13.5 Å². The molecule has 0 saturated carbocycles. The normalized spacial score (nSPS) is 11.4. The summed E-state index contributed by atoms with van der Waals surface area (Å²) in [6.07, 6.45) is 2.27. The van der Waals surface area contributed by atoms with Gasteiger partial charge in [-0.15, -0.1) is 0 Å². The first-order valence-electron chi connectivity index (χ1n) is 6.25. The number of hydrogen-bond donors (Lipinski definition) is 2. The summed E-state index contributed by atoms with van der Waals surface area (Å²) in [5, 5.41) is 7.42. The Morgan fingerprint density at radius 2 is 2.00 bits per heavy atom. The highest BCUT2D eigenvalue weighted by molar-refractivity contribution is 5.82. The monoisotopic (exact) mass is 270 g/mol. The van der Waals surface area contributed by atoms with Crippen LogP contribution >= 0.6 is 0 Å². The molecule has 0 aliphatic rings. The van der Waals surface area contributed by atoms with E-state index in [4.69, 9.17) is 15.9 Å². The van der Waals surface area contributed by atoms with E-state index in [1.165, 1.54) is 0 Å². The third-order valence-electron chi connectivity index (χ3n) is 3.08. The van der Waals surface area contributed by atoms with Crippen LogP contribution in [0.3, 0.4) is 0 Å².